The number of allylic oxidation sites excluding steroid dienone is 1. The van der Waals surface area contributed by atoms with Crippen molar-refractivity contribution < 1.29 is 9.59 Å². The van der Waals surface area contributed by atoms with E-state index < -0.39 is 0 Å². The second-order valence-corrected chi connectivity index (χ2v) is 5.66. The molecule has 0 unspecified atom stereocenters. The summed E-state index contributed by atoms with van der Waals surface area (Å²) in [5, 5.41) is 2.90. The van der Waals surface area contributed by atoms with Crippen LogP contribution in [0.4, 0.5) is 0 Å². The molecule has 0 saturated heterocycles. The van der Waals surface area contributed by atoms with Crippen molar-refractivity contribution in [3.63, 3.8) is 0 Å². The van der Waals surface area contributed by atoms with Crippen LogP contribution in [0.25, 0.3) is 0 Å². The van der Waals surface area contributed by atoms with E-state index >= 15 is 0 Å². The molecule has 0 spiro atoms. The molecule has 1 rings (SSSR count). The maximum atomic E-state index is 11.7. The minimum Gasteiger partial charge on any atom is -0.356 e. The van der Waals surface area contributed by atoms with Crippen molar-refractivity contribution in [1.82, 2.24) is 10.2 Å². The van der Waals surface area contributed by atoms with E-state index in [-0.39, 0.29) is 11.8 Å². The van der Waals surface area contributed by atoms with Gasteiger partial charge in [0, 0.05) is 31.3 Å². The summed E-state index contributed by atoms with van der Waals surface area (Å²) in [6.07, 6.45) is 8.14. The van der Waals surface area contributed by atoms with Crippen LogP contribution in [0.15, 0.2) is 24.4 Å². The third-order valence-electron chi connectivity index (χ3n) is 3.37. The topological polar surface area (TPSA) is 49.4 Å². The van der Waals surface area contributed by atoms with E-state index in [0.717, 1.165) is 25.3 Å². The minimum atomic E-state index is -0.0866. The molecule has 112 valence electrons. The Kier molecular flexibility index (Phi) is 7.05. The molecule has 1 heterocycles. The normalized spacial score (nSPS) is 14.4. The Labute approximate surface area is 121 Å². The number of rotatable bonds is 9. The third kappa shape index (κ3) is 6.04. The number of carbonyl (C=O) groups excluding carboxylic acids is 2. The van der Waals surface area contributed by atoms with Crippen LogP contribution in [0.3, 0.4) is 0 Å². The molecule has 1 aliphatic heterocycles. The van der Waals surface area contributed by atoms with Crippen molar-refractivity contribution in [2.45, 2.75) is 46.0 Å². The van der Waals surface area contributed by atoms with Gasteiger partial charge in [-0.15, -0.1) is 0 Å². The van der Waals surface area contributed by atoms with E-state index in [2.05, 4.69) is 25.7 Å². The number of unbranched alkanes of at least 4 members (excludes halogenated alkanes) is 2. The van der Waals surface area contributed by atoms with Crippen molar-refractivity contribution in [3.8, 4) is 0 Å². The molecule has 1 N–H and O–H groups in total. The first-order valence-electron chi connectivity index (χ1n) is 7.46. The fourth-order valence-corrected chi connectivity index (χ4v) is 2.13. The SMILES string of the molecule is C=C1C=CC(=O)N1CCC(=O)NCCCCCC(C)C. The van der Waals surface area contributed by atoms with Crippen LogP contribution in [-0.2, 0) is 9.59 Å². The quantitative estimate of drug-likeness (QED) is 0.659. The Balaban J connectivity index is 2.04. The average Bonchev–Trinajstić information content (AvgIpc) is 2.70. The van der Waals surface area contributed by atoms with Crippen LogP contribution >= 0.6 is 0 Å². The highest BCUT2D eigenvalue weighted by Crippen LogP contribution is 2.12. The summed E-state index contributed by atoms with van der Waals surface area (Å²) in [7, 11) is 0. The molecule has 1 aliphatic rings. The van der Waals surface area contributed by atoms with Crippen LogP contribution in [-0.4, -0.2) is 29.8 Å². The molecule has 0 aromatic heterocycles. The zero-order valence-electron chi connectivity index (χ0n) is 12.7. The highest BCUT2D eigenvalue weighted by atomic mass is 16.2. The van der Waals surface area contributed by atoms with Crippen molar-refractivity contribution >= 4 is 11.8 Å². The van der Waals surface area contributed by atoms with Gasteiger partial charge in [-0.05, 0) is 18.4 Å². The first-order chi connectivity index (χ1) is 9.50. The van der Waals surface area contributed by atoms with Crippen molar-refractivity contribution in [2.75, 3.05) is 13.1 Å². The van der Waals surface area contributed by atoms with Gasteiger partial charge >= 0.3 is 0 Å². The van der Waals surface area contributed by atoms with E-state index in [9.17, 15) is 9.59 Å². The molecule has 0 atom stereocenters. The Morgan fingerprint density at radius 3 is 2.65 bits per heavy atom. The fraction of sp³-hybridized carbons (Fsp3) is 0.625. The summed E-state index contributed by atoms with van der Waals surface area (Å²) in [4.78, 5) is 24.6. The second-order valence-electron chi connectivity index (χ2n) is 5.66. The van der Waals surface area contributed by atoms with Gasteiger partial charge in [-0.2, -0.15) is 0 Å². The molecule has 4 heteroatoms. The van der Waals surface area contributed by atoms with Gasteiger partial charge in [-0.1, -0.05) is 39.7 Å². The van der Waals surface area contributed by atoms with Crippen molar-refractivity contribution in [1.29, 1.82) is 0 Å². The summed E-state index contributed by atoms with van der Waals surface area (Å²) >= 11 is 0. The van der Waals surface area contributed by atoms with Gasteiger partial charge in [-0.3, -0.25) is 9.59 Å². The second kappa shape index (κ2) is 8.56. The lowest BCUT2D eigenvalue weighted by atomic mass is 10.1. The van der Waals surface area contributed by atoms with Gasteiger partial charge < -0.3 is 10.2 Å². The molecule has 4 nitrogen and oxygen atoms in total. The Morgan fingerprint density at radius 2 is 2.05 bits per heavy atom. The summed E-state index contributed by atoms with van der Waals surface area (Å²) < 4.78 is 0. The van der Waals surface area contributed by atoms with Gasteiger partial charge in [0.25, 0.3) is 5.91 Å². The highest BCUT2D eigenvalue weighted by molar-refractivity contribution is 5.93. The minimum absolute atomic E-state index is 0.00126. The molecule has 0 fully saturated rings. The number of hydrogen-bond donors (Lipinski definition) is 1. The van der Waals surface area contributed by atoms with E-state index in [0.29, 0.717) is 18.7 Å². The molecule has 0 radical (unpaired) electrons. The van der Waals surface area contributed by atoms with Gasteiger partial charge in [0.2, 0.25) is 5.91 Å². The van der Waals surface area contributed by atoms with Gasteiger partial charge in [-0.25, -0.2) is 0 Å². The molecule has 0 aromatic rings. The lowest BCUT2D eigenvalue weighted by molar-refractivity contribution is -0.124. The predicted molar refractivity (Wildman–Crippen MR) is 80.9 cm³/mol. The lowest BCUT2D eigenvalue weighted by Gasteiger charge is -2.16. The first kappa shape index (κ1) is 16.5. The lowest BCUT2D eigenvalue weighted by Crippen LogP contribution is -2.31. The first-order valence-corrected chi connectivity index (χ1v) is 7.46. The fourth-order valence-electron chi connectivity index (χ4n) is 2.13. The number of nitrogens with zero attached hydrogens (tertiary/aromatic N) is 1. The van der Waals surface area contributed by atoms with Crippen molar-refractivity contribution in [2.24, 2.45) is 5.92 Å². The zero-order valence-corrected chi connectivity index (χ0v) is 12.7. The maximum absolute atomic E-state index is 11.7. The monoisotopic (exact) mass is 278 g/mol. The van der Waals surface area contributed by atoms with Crippen molar-refractivity contribution in [3.05, 3.63) is 24.4 Å². The van der Waals surface area contributed by atoms with Gasteiger partial charge in [0.15, 0.2) is 0 Å². The third-order valence-corrected chi connectivity index (χ3v) is 3.37. The van der Waals surface area contributed by atoms with Gasteiger partial charge in [0.1, 0.15) is 0 Å². The maximum Gasteiger partial charge on any atom is 0.251 e. The molecular formula is C16H26N2O2. The summed E-state index contributed by atoms with van der Waals surface area (Å²) in [6, 6.07) is 0. The van der Waals surface area contributed by atoms with E-state index in [1.54, 1.807) is 6.08 Å². The van der Waals surface area contributed by atoms with Crippen LogP contribution in [0.1, 0.15) is 46.0 Å². The predicted octanol–water partition coefficient (Wildman–Crippen LogP) is 2.62. The standard InChI is InChI=1S/C16H26N2O2/c1-13(2)7-5-4-6-11-17-15(19)10-12-18-14(3)8-9-16(18)20/h8-9,13H,3-7,10-12H2,1-2H3,(H,17,19). The summed E-state index contributed by atoms with van der Waals surface area (Å²) in [5.74, 6) is 0.669. The molecule has 2 amide bonds. The smallest absolute Gasteiger partial charge is 0.251 e. The number of nitrogens with one attached hydrogen (secondary N) is 1. The largest absolute Gasteiger partial charge is 0.356 e. The summed E-state index contributed by atoms with van der Waals surface area (Å²) in [6.45, 7) is 9.35. The number of carbonyl (C=O) groups is 2. The molecule has 0 aromatic carbocycles. The van der Waals surface area contributed by atoms with Crippen LogP contribution in [0, 0.1) is 5.92 Å². The number of amides is 2. The van der Waals surface area contributed by atoms with Crippen LogP contribution in [0.2, 0.25) is 0 Å². The molecular weight excluding hydrogens is 252 g/mol. The van der Waals surface area contributed by atoms with Gasteiger partial charge in [0.05, 0.1) is 0 Å². The summed E-state index contributed by atoms with van der Waals surface area (Å²) in [5.41, 5.74) is 0.663. The Morgan fingerprint density at radius 1 is 1.30 bits per heavy atom. The van der Waals surface area contributed by atoms with Crippen LogP contribution < -0.4 is 5.32 Å². The highest BCUT2D eigenvalue weighted by Gasteiger charge is 2.18. The molecule has 20 heavy (non-hydrogen) atoms. The molecule has 0 bridgehead atoms. The van der Waals surface area contributed by atoms with Crippen LogP contribution in [0.5, 0.6) is 0 Å². The average molecular weight is 278 g/mol. The van der Waals surface area contributed by atoms with E-state index in [4.69, 9.17) is 0 Å². The molecule has 0 saturated carbocycles. The Bertz CT molecular complexity index is 368. The van der Waals surface area contributed by atoms with E-state index in [1.165, 1.54) is 23.8 Å². The zero-order chi connectivity index (χ0) is 15.0. The molecule has 0 aliphatic carbocycles. The Hall–Kier alpha value is -1.58. The van der Waals surface area contributed by atoms with E-state index in [1.807, 2.05) is 0 Å². The number of hydrogen-bond acceptors (Lipinski definition) is 2.